The average molecular weight is 443 g/mol. The number of benzene rings is 1. The van der Waals surface area contributed by atoms with Crippen molar-refractivity contribution in [2.24, 2.45) is 11.1 Å². The molecular formula is C24H36N5O3+. The van der Waals surface area contributed by atoms with Crippen molar-refractivity contribution in [3.05, 3.63) is 29.3 Å². The fourth-order valence-corrected chi connectivity index (χ4v) is 4.90. The summed E-state index contributed by atoms with van der Waals surface area (Å²) in [6.45, 7) is 6.93. The predicted molar refractivity (Wildman–Crippen MR) is 124 cm³/mol. The molecule has 8 heteroatoms. The van der Waals surface area contributed by atoms with Crippen LogP contribution in [0, 0.1) is 12.3 Å². The van der Waals surface area contributed by atoms with Crippen LogP contribution in [0.1, 0.15) is 63.5 Å². The van der Waals surface area contributed by atoms with E-state index in [9.17, 15) is 14.4 Å². The van der Waals surface area contributed by atoms with Crippen LogP contribution in [0.4, 0.5) is 5.69 Å². The third kappa shape index (κ3) is 5.66. The summed E-state index contributed by atoms with van der Waals surface area (Å²) in [5, 5.41) is 12.1. The molecule has 3 rings (SSSR count). The van der Waals surface area contributed by atoms with E-state index in [1.54, 1.807) is 17.0 Å². The minimum atomic E-state index is -0.716. The molecule has 6 N–H and O–H groups in total. The summed E-state index contributed by atoms with van der Waals surface area (Å²) in [5.74, 6) is -0.927. The van der Waals surface area contributed by atoms with Crippen LogP contribution in [0.5, 0.6) is 0 Å². The van der Waals surface area contributed by atoms with E-state index in [2.05, 4.69) is 24.5 Å². The van der Waals surface area contributed by atoms with Gasteiger partial charge in [-0.1, -0.05) is 31.9 Å². The van der Waals surface area contributed by atoms with Crippen LogP contribution < -0.4 is 21.8 Å². The Hall–Kier alpha value is -2.90. The van der Waals surface area contributed by atoms with Crippen LogP contribution in [0.25, 0.3) is 0 Å². The monoisotopic (exact) mass is 442 g/mol. The third-order valence-electron chi connectivity index (χ3n) is 6.59. The van der Waals surface area contributed by atoms with Crippen molar-refractivity contribution < 1.29 is 19.8 Å². The largest absolute Gasteiger partial charge is 0.375 e. The van der Waals surface area contributed by atoms with Gasteiger partial charge in [0.25, 0.3) is 5.71 Å². The molecule has 3 amide bonds. The maximum Gasteiger partial charge on any atom is 0.313 e. The molecule has 2 atom stereocenters. The molecule has 1 heterocycles. The van der Waals surface area contributed by atoms with E-state index in [-0.39, 0.29) is 35.5 Å². The van der Waals surface area contributed by atoms with Gasteiger partial charge in [-0.25, -0.2) is 5.41 Å². The molecule has 1 aromatic rings. The Bertz CT molecular complexity index is 911. The zero-order valence-electron chi connectivity index (χ0n) is 19.4. The molecule has 1 aliphatic heterocycles. The van der Waals surface area contributed by atoms with Crippen molar-refractivity contribution in [1.82, 2.24) is 10.2 Å². The highest BCUT2D eigenvalue weighted by Gasteiger charge is 2.36. The van der Waals surface area contributed by atoms with Gasteiger partial charge in [-0.05, 0) is 56.6 Å². The smallest absolute Gasteiger partial charge is 0.313 e. The number of rotatable bonds is 7. The highest BCUT2D eigenvalue weighted by Crippen LogP contribution is 2.35. The predicted octanol–water partition coefficient (Wildman–Crippen LogP) is 0.516. The summed E-state index contributed by atoms with van der Waals surface area (Å²) in [7, 11) is 0. The van der Waals surface area contributed by atoms with E-state index in [0.29, 0.717) is 24.2 Å². The number of anilines is 1. The lowest BCUT2D eigenvalue weighted by Crippen LogP contribution is -2.51. The van der Waals surface area contributed by atoms with Gasteiger partial charge in [-0.3, -0.25) is 14.4 Å². The molecule has 2 aliphatic rings. The molecule has 1 aromatic carbocycles. The molecule has 1 unspecified atom stereocenters. The first kappa shape index (κ1) is 23.8. The molecule has 0 radical (unpaired) electrons. The van der Waals surface area contributed by atoms with Crippen molar-refractivity contribution in [3.63, 3.8) is 0 Å². The summed E-state index contributed by atoms with van der Waals surface area (Å²) in [5.41, 5.74) is 7.47. The minimum absolute atomic E-state index is 0.00232. The lowest BCUT2D eigenvalue weighted by atomic mass is 9.75. The quantitative estimate of drug-likeness (QED) is 0.459. The van der Waals surface area contributed by atoms with Gasteiger partial charge in [0.2, 0.25) is 11.8 Å². The number of hydrogen-bond acceptors (Lipinski definition) is 4. The molecule has 0 spiro atoms. The molecule has 8 nitrogen and oxygen atoms in total. The van der Waals surface area contributed by atoms with Crippen molar-refractivity contribution in [1.29, 1.82) is 0 Å². The second-order valence-corrected chi connectivity index (χ2v) is 9.89. The number of primary amides is 1. The van der Waals surface area contributed by atoms with Gasteiger partial charge in [-0.2, -0.15) is 0 Å². The van der Waals surface area contributed by atoms with Gasteiger partial charge in [-0.15, -0.1) is 0 Å². The van der Waals surface area contributed by atoms with E-state index < -0.39 is 11.9 Å². The van der Waals surface area contributed by atoms with E-state index in [0.717, 1.165) is 31.2 Å². The van der Waals surface area contributed by atoms with Crippen molar-refractivity contribution in [2.45, 2.75) is 71.4 Å². The maximum atomic E-state index is 13.0. The second-order valence-electron chi connectivity index (χ2n) is 9.89. The highest BCUT2D eigenvalue weighted by atomic mass is 16.2. The Labute approximate surface area is 189 Å². The van der Waals surface area contributed by atoms with E-state index in [4.69, 9.17) is 11.1 Å². The Morgan fingerprint density at radius 1 is 1.22 bits per heavy atom. The van der Waals surface area contributed by atoms with Gasteiger partial charge in [0.15, 0.2) is 0 Å². The number of carbonyl (C=O) groups excluding carboxylic acids is 3. The molecule has 1 aliphatic carbocycles. The fraction of sp³-hybridized carbons (Fsp3) is 0.583. The average Bonchev–Trinajstić information content (AvgIpc) is 3.21. The van der Waals surface area contributed by atoms with Gasteiger partial charge >= 0.3 is 5.91 Å². The molecule has 1 saturated heterocycles. The van der Waals surface area contributed by atoms with Crippen molar-refractivity contribution >= 4 is 29.1 Å². The molecule has 32 heavy (non-hydrogen) atoms. The van der Waals surface area contributed by atoms with Crippen LogP contribution in [0.15, 0.2) is 18.2 Å². The SMILES string of the molecule is Cc1ccc(NCC(=O)N2CCC[C@H]2C(=O)NC2CCCC(C)(C)C2)c(C(=[NH2+])C(N)=O)c1. The van der Waals surface area contributed by atoms with Crippen LogP contribution in [0.3, 0.4) is 0 Å². The van der Waals surface area contributed by atoms with Crippen LogP contribution in [0.2, 0.25) is 0 Å². The topological polar surface area (TPSA) is 130 Å². The second kappa shape index (κ2) is 9.71. The Morgan fingerprint density at radius 2 is 1.97 bits per heavy atom. The molecule has 0 aromatic heterocycles. The van der Waals surface area contributed by atoms with Crippen molar-refractivity contribution in [3.8, 4) is 0 Å². The van der Waals surface area contributed by atoms with Crippen LogP contribution >= 0.6 is 0 Å². The lowest BCUT2D eigenvalue weighted by molar-refractivity contribution is -0.137. The summed E-state index contributed by atoms with van der Waals surface area (Å²) in [6, 6.07) is 5.12. The van der Waals surface area contributed by atoms with Gasteiger partial charge in [0.1, 0.15) is 6.04 Å². The molecule has 1 saturated carbocycles. The molecular weight excluding hydrogens is 406 g/mol. The number of aryl methyl sites for hydroxylation is 1. The normalized spacial score (nSPS) is 22.3. The first-order chi connectivity index (χ1) is 15.1. The zero-order valence-corrected chi connectivity index (χ0v) is 19.4. The summed E-state index contributed by atoms with van der Waals surface area (Å²) in [4.78, 5) is 39.1. The number of nitrogens with zero attached hydrogens (tertiary/aromatic N) is 1. The van der Waals surface area contributed by atoms with Gasteiger partial charge in [0, 0.05) is 18.3 Å². The minimum Gasteiger partial charge on any atom is -0.375 e. The molecule has 0 bridgehead atoms. The summed E-state index contributed by atoms with van der Waals surface area (Å²) in [6.07, 6.45) is 5.72. The number of carbonyl (C=O) groups is 3. The summed E-state index contributed by atoms with van der Waals surface area (Å²) >= 11 is 0. The van der Waals surface area contributed by atoms with E-state index >= 15 is 0 Å². The van der Waals surface area contributed by atoms with E-state index in [1.807, 2.05) is 13.0 Å². The number of nitrogens with two attached hydrogens (primary N) is 2. The lowest BCUT2D eigenvalue weighted by Gasteiger charge is -2.36. The Kier molecular flexibility index (Phi) is 7.21. The molecule has 174 valence electrons. The number of likely N-dealkylation sites (tertiary alicyclic amines) is 1. The zero-order chi connectivity index (χ0) is 23.5. The first-order valence-corrected chi connectivity index (χ1v) is 11.4. The first-order valence-electron chi connectivity index (χ1n) is 11.4. The third-order valence-corrected chi connectivity index (χ3v) is 6.59. The highest BCUT2D eigenvalue weighted by molar-refractivity contribution is 6.43. The molecule has 2 fully saturated rings. The van der Waals surface area contributed by atoms with Gasteiger partial charge in [0.05, 0.1) is 12.1 Å². The summed E-state index contributed by atoms with van der Waals surface area (Å²) < 4.78 is 0. The Balaban J connectivity index is 1.62. The van der Waals surface area contributed by atoms with Crippen LogP contribution in [-0.2, 0) is 14.4 Å². The fourth-order valence-electron chi connectivity index (χ4n) is 4.90. The number of nitrogens with one attached hydrogen (secondary N) is 2. The standard InChI is InChI=1S/C24H35N5O3/c1-15-8-9-18(17(12-15)21(25)22(26)31)27-14-20(30)29-11-5-7-19(29)23(32)28-16-6-4-10-24(2,3)13-16/h8-9,12,16,19,25,27H,4-7,10-11,13-14H2,1-3H3,(H2,26,31)(H,28,32)/p+1/t16?,19-/m0/s1. The Morgan fingerprint density at radius 3 is 2.66 bits per heavy atom. The number of amides is 3. The van der Waals surface area contributed by atoms with E-state index in [1.165, 1.54) is 6.42 Å². The number of hydrogen-bond donors (Lipinski definition) is 4. The maximum absolute atomic E-state index is 13.0. The van der Waals surface area contributed by atoms with Gasteiger partial charge < -0.3 is 21.3 Å². The van der Waals surface area contributed by atoms with Crippen LogP contribution in [-0.4, -0.2) is 53.5 Å². The van der Waals surface area contributed by atoms with Crippen molar-refractivity contribution in [2.75, 3.05) is 18.4 Å².